The molecule has 0 aliphatic heterocycles. The van der Waals surface area contributed by atoms with Gasteiger partial charge in [-0.15, -0.1) is 10.2 Å². The molecule has 0 aliphatic rings. The van der Waals surface area contributed by atoms with E-state index in [2.05, 4.69) is 52.0 Å². The van der Waals surface area contributed by atoms with Crippen LogP contribution in [0.4, 0.5) is 4.79 Å². The largest absolute Gasteiger partial charge is 0.338 e. The molecule has 2 aromatic carbocycles. The Bertz CT molecular complexity index is 1000. The fourth-order valence-electron chi connectivity index (χ4n) is 2.91. The maximum absolute atomic E-state index is 11.8. The number of nitrogens with one attached hydrogen (secondary N) is 2. The van der Waals surface area contributed by atoms with Crippen molar-refractivity contribution in [3.05, 3.63) is 70.0 Å². The van der Waals surface area contributed by atoms with Crippen LogP contribution in [0.3, 0.4) is 0 Å². The first kappa shape index (κ1) is 21.2. The Morgan fingerprint density at radius 2 is 1.97 bits per heavy atom. The average Bonchev–Trinajstić information content (AvgIpc) is 3.09. The van der Waals surface area contributed by atoms with Crippen molar-refractivity contribution in [2.45, 2.75) is 38.2 Å². The van der Waals surface area contributed by atoms with E-state index in [1.807, 2.05) is 36.6 Å². The highest BCUT2D eigenvalue weighted by Crippen LogP contribution is 2.28. The van der Waals surface area contributed by atoms with Crippen molar-refractivity contribution in [2.75, 3.05) is 6.54 Å². The lowest BCUT2D eigenvalue weighted by Crippen LogP contribution is -2.35. The second-order valence-corrected chi connectivity index (χ2v) is 8.03. The Kier molecular flexibility index (Phi) is 7.17. The van der Waals surface area contributed by atoms with Gasteiger partial charge in [0.05, 0.1) is 12.2 Å². The van der Waals surface area contributed by atoms with Gasteiger partial charge < -0.3 is 10.6 Å². The van der Waals surface area contributed by atoms with Crippen molar-refractivity contribution in [3.63, 3.8) is 0 Å². The maximum atomic E-state index is 11.8. The molecule has 2 amide bonds. The summed E-state index contributed by atoms with van der Waals surface area (Å²) in [6.07, 6.45) is 0. The molecule has 8 heteroatoms. The summed E-state index contributed by atoms with van der Waals surface area (Å²) in [5.74, 6) is 1.41. The standard InChI is InChI=1S/C21H24ClN5OS/c1-4-23-20(28)24-12-19-25-26-21(29-13-16-7-5-6-14(2)10-16)27(19)18-11-17(22)9-8-15(18)3/h5-11H,4,12-13H2,1-3H3,(H2,23,24,28). The van der Waals surface area contributed by atoms with Crippen LogP contribution in [-0.4, -0.2) is 27.3 Å². The number of thioether (sulfide) groups is 1. The highest BCUT2D eigenvalue weighted by Gasteiger charge is 2.17. The summed E-state index contributed by atoms with van der Waals surface area (Å²) in [7, 11) is 0. The quantitative estimate of drug-likeness (QED) is 0.536. The molecule has 3 aromatic rings. The minimum Gasteiger partial charge on any atom is -0.338 e. The van der Waals surface area contributed by atoms with Crippen LogP contribution in [0, 0.1) is 13.8 Å². The van der Waals surface area contributed by atoms with Crippen molar-refractivity contribution < 1.29 is 4.79 Å². The maximum Gasteiger partial charge on any atom is 0.315 e. The summed E-state index contributed by atoms with van der Waals surface area (Å²) >= 11 is 7.86. The number of benzene rings is 2. The number of amides is 2. The van der Waals surface area contributed by atoms with Gasteiger partial charge in [-0.2, -0.15) is 0 Å². The van der Waals surface area contributed by atoms with Crippen molar-refractivity contribution in [2.24, 2.45) is 0 Å². The molecule has 0 bridgehead atoms. The second kappa shape index (κ2) is 9.80. The monoisotopic (exact) mass is 429 g/mol. The Balaban J connectivity index is 1.91. The normalized spacial score (nSPS) is 10.8. The molecule has 152 valence electrons. The smallest absolute Gasteiger partial charge is 0.315 e. The van der Waals surface area contributed by atoms with E-state index in [1.165, 1.54) is 11.1 Å². The van der Waals surface area contributed by atoms with Gasteiger partial charge in [0.25, 0.3) is 0 Å². The lowest BCUT2D eigenvalue weighted by atomic mass is 10.2. The third-order valence-electron chi connectivity index (χ3n) is 4.31. The van der Waals surface area contributed by atoms with E-state index in [-0.39, 0.29) is 12.6 Å². The van der Waals surface area contributed by atoms with E-state index in [0.717, 1.165) is 22.2 Å². The van der Waals surface area contributed by atoms with Crippen LogP contribution in [0.15, 0.2) is 47.6 Å². The molecular formula is C21H24ClN5OS. The van der Waals surface area contributed by atoms with E-state index >= 15 is 0 Å². The van der Waals surface area contributed by atoms with Gasteiger partial charge in [0.15, 0.2) is 11.0 Å². The van der Waals surface area contributed by atoms with E-state index in [1.54, 1.807) is 11.8 Å². The summed E-state index contributed by atoms with van der Waals surface area (Å²) in [4.78, 5) is 11.8. The average molecular weight is 430 g/mol. The minimum absolute atomic E-state index is 0.237. The van der Waals surface area contributed by atoms with Crippen LogP contribution >= 0.6 is 23.4 Å². The first-order valence-corrected chi connectivity index (χ1v) is 10.7. The highest BCUT2D eigenvalue weighted by molar-refractivity contribution is 7.98. The Morgan fingerprint density at radius 1 is 1.14 bits per heavy atom. The number of aryl methyl sites for hydroxylation is 2. The molecule has 2 N–H and O–H groups in total. The van der Waals surface area contributed by atoms with Crippen molar-refractivity contribution in [3.8, 4) is 5.69 Å². The molecule has 6 nitrogen and oxygen atoms in total. The zero-order valence-electron chi connectivity index (χ0n) is 16.7. The first-order valence-electron chi connectivity index (χ1n) is 9.38. The Labute approximate surface area is 180 Å². The fraction of sp³-hybridized carbons (Fsp3) is 0.286. The zero-order chi connectivity index (χ0) is 20.8. The number of rotatable bonds is 7. The van der Waals surface area contributed by atoms with Crippen molar-refractivity contribution >= 4 is 29.4 Å². The van der Waals surface area contributed by atoms with E-state index in [0.29, 0.717) is 17.4 Å². The fourth-order valence-corrected chi connectivity index (χ4v) is 3.98. The number of hydrogen-bond acceptors (Lipinski definition) is 4. The van der Waals surface area contributed by atoms with Crippen LogP contribution < -0.4 is 10.6 Å². The summed E-state index contributed by atoms with van der Waals surface area (Å²) in [6, 6.07) is 13.9. The minimum atomic E-state index is -0.237. The molecule has 1 aromatic heterocycles. The number of aromatic nitrogens is 3. The van der Waals surface area contributed by atoms with Crippen molar-refractivity contribution in [1.82, 2.24) is 25.4 Å². The van der Waals surface area contributed by atoms with Crippen LogP contribution in [0.25, 0.3) is 5.69 Å². The number of carbonyl (C=O) groups excluding carboxylic acids is 1. The molecule has 0 spiro atoms. The summed E-state index contributed by atoms with van der Waals surface area (Å²) < 4.78 is 1.97. The summed E-state index contributed by atoms with van der Waals surface area (Å²) in [6.45, 7) is 6.79. The van der Waals surface area contributed by atoms with Crippen LogP contribution in [0.2, 0.25) is 5.02 Å². The Morgan fingerprint density at radius 3 is 2.72 bits per heavy atom. The molecule has 0 saturated heterocycles. The molecule has 29 heavy (non-hydrogen) atoms. The van der Waals surface area contributed by atoms with Crippen LogP contribution in [0.1, 0.15) is 29.4 Å². The molecular weight excluding hydrogens is 406 g/mol. The highest BCUT2D eigenvalue weighted by atomic mass is 35.5. The van der Waals surface area contributed by atoms with Gasteiger partial charge in [0.2, 0.25) is 0 Å². The van der Waals surface area contributed by atoms with Gasteiger partial charge in [0.1, 0.15) is 0 Å². The van der Waals surface area contributed by atoms with Gasteiger partial charge >= 0.3 is 6.03 Å². The summed E-state index contributed by atoms with van der Waals surface area (Å²) in [5.41, 5.74) is 4.39. The SMILES string of the molecule is CCNC(=O)NCc1nnc(SCc2cccc(C)c2)n1-c1cc(Cl)ccc1C. The third-order valence-corrected chi connectivity index (χ3v) is 5.54. The zero-order valence-corrected chi connectivity index (χ0v) is 18.3. The predicted octanol–water partition coefficient (Wildman–Crippen LogP) is 4.65. The van der Waals surface area contributed by atoms with Crippen LogP contribution in [0.5, 0.6) is 0 Å². The van der Waals surface area contributed by atoms with Gasteiger partial charge in [-0.05, 0) is 44.0 Å². The molecule has 0 fully saturated rings. The van der Waals surface area contributed by atoms with E-state index in [9.17, 15) is 4.79 Å². The number of halogens is 1. The summed E-state index contributed by atoms with van der Waals surface area (Å²) in [5, 5.41) is 15.7. The van der Waals surface area contributed by atoms with Gasteiger partial charge in [0, 0.05) is 17.3 Å². The van der Waals surface area contributed by atoms with E-state index < -0.39 is 0 Å². The van der Waals surface area contributed by atoms with Gasteiger partial charge in [-0.3, -0.25) is 4.57 Å². The lowest BCUT2D eigenvalue weighted by molar-refractivity contribution is 0.240. The van der Waals surface area contributed by atoms with Gasteiger partial charge in [-0.25, -0.2) is 4.79 Å². The molecule has 0 aliphatic carbocycles. The van der Waals surface area contributed by atoms with Crippen LogP contribution in [-0.2, 0) is 12.3 Å². The molecule has 3 rings (SSSR count). The van der Waals surface area contributed by atoms with Crippen molar-refractivity contribution in [1.29, 1.82) is 0 Å². The third kappa shape index (κ3) is 5.52. The number of carbonyl (C=O) groups is 1. The second-order valence-electron chi connectivity index (χ2n) is 6.66. The molecule has 0 atom stereocenters. The number of hydrogen-bond donors (Lipinski definition) is 2. The molecule has 0 radical (unpaired) electrons. The molecule has 0 unspecified atom stereocenters. The Hall–Kier alpha value is -2.51. The molecule has 0 saturated carbocycles. The predicted molar refractivity (Wildman–Crippen MR) is 118 cm³/mol. The lowest BCUT2D eigenvalue weighted by Gasteiger charge is -2.14. The molecule has 1 heterocycles. The number of nitrogens with zero attached hydrogens (tertiary/aromatic N) is 3. The number of urea groups is 1. The first-order chi connectivity index (χ1) is 14.0. The topological polar surface area (TPSA) is 71.8 Å². The van der Waals surface area contributed by atoms with Gasteiger partial charge in [-0.1, -0.05) is 59.3 Å². The van der Waals surface area contributed by atoms with E-state index in [4.69, 9.17) is 11.6 Å².